The van der Waals surface area contributed by atoms with Crippen molar-refractivity contribution in [2.24, 2.45) is 0 Å². The molecule has 0 aliphatic rings. The molecule has 4 rings (SSSR count). The summed E-state index contributed by atoms with van der Waals surface area (Å²) in [6, 6.07) is 17.0. The lowest BCUT2D eigenvalue weighted by Gasteiger charge is -2.08. The lowest BCUT2D eigenvalue weighted by atomic mass is 10.00. The number of H-pyrrole nitrogens is 2. The van der Waals surface area contributed by atoms with Gasteiger partial charge in [0.05, 0.1) is 17.6 Å². The van der Waals surface area contributed by atoms with Crippen molar-refractivity contribution < 1.29 is 9.59 Å². The highest BCUT2D eigenvalue weighted by Crippen LogP contribution is 2.28. The van der Waals surface area contributed by atoms with E-state index in [1.807, 2.05) is 27.1 Å². The van der Waals surface area contributed by atoms with Crippen LogP contribution < -0.4 is 16.0 Å². The number of hydrogen-bond donors (Lipinski definition) is 5. The smallest absolute Gasteiger partial charge is 0.220 e. The van der Waals surface area contributed by atoms with Gasteiger partial charge in [-0.2, -0.15) is 0 Å². The number of nitrogens with one attached hydrogen (secondary N) is 5. The molecule has 0 unspecified atom stereocenters. The molecule has 0 aliphatic heterocycles. The number of carbonyl (C=O) groups is 2. The maximum atomic E-state index is 12.5. The second kappa shape index (κ2) is 17.9. The first-order valence-electron chi connectivity index (χ1n) is 16.5. The van der Waals surface area contributed by atoms with E-state index >= 15 is 0 Å². The van der Waals surface area contributed by atoms with E-state index < -0.39 is 0 Å². The summed E-state index contributed by atoms with van der Waals surface area (Å²) in [6.45, 7) is 6.38. The monoisotopic (exact) mass is 611 g/mol. The molecule has 2 amide bonds. The lowest BCUT2D eigenvalue weighted by Crippen LogP contribution is -2.25. The fraction of sp³-hybridized carbons (Fsp3) is 0.444. The molecule has 240 valence electrons. The Labute approximate surface area is 267 Å². The first-order chi connectivity index (χ1) is 22.0. The number of amides is 2. The third-order valence-corrected chi connectivity index (χ3v) is 7.88. The Hall–Kier alpha value is -4.24. The molecule has 0 atom stereocenters. The van der Waals surface area contributed by atoms with Crippen LogP contribution in [0.3, 0.4) is 0 Å². The lowest BCUT2D eigenvalue weighted by molar-refractivity contribution is -0.122. The van der Waals surface area contributed by atoms with Crippen LogP contribution in [0.5, 0.6) is 0 Å². The Morgan fingerprint density at radius 1 is 0.711 bits per heavy atom. The quantitative estimate of drug-likeness (QED) is 0.0817. The average molecular weight is 612 g/mol. The van der Waals surface area contributed by atoms with Gasteiger partial charge in [0, 0.05) is 43.6 Å². The topological polar surface area (TPSA) is 128 Å². The van der Waals surface area contributed by atoms with Crippen molar-refractivity contribution in [1.29, 1.82) is 0 Å². The average Bonchev–Trinajstić information content (AvgIpc) is 3.69. The van der Waals surface area contributed by atoms with E-state index in [4.69, 9.17) is 4.98 Å². The molecule has 0 saturated heterocycles. The molecular weight excluding hydrogens is 562 g/mol. The molecular formula is C36H49N7O2. The van der Waals surface area contributed by atoms with Crippen molar-refractivity contribution in [1.82, 2.24) is 35.9 Å². The molecule has 0 radical (unpaired) electrons. The van der Waals surface area contributed by atoms with Gasteiger partial charge in [-0.25, -0.2) is 9.97 Å². The summed E-state index contributed by atoms with van der Waals surface area (Å²) in [4.78, 5) is 40.3. The predicted octanol–water partition coefficient (Wildman–Crippen LogP) is 6.12. The summed E-state index contributed by atoms with van der Waals surface area (Å²) < 4.78 is 0. The number of aromatic amines is 2. The van der Waals surface area contributed by atoms with Gasteiger partial charge >= 0.3 is 0 Å². The first-order valence-corrected chi connectivity index (χ1v) is 16.5. The Bertz CT molecular complexity index is 1470. The molecule has 0 bridgehead atoms. The second-order valence-corrected chi connectivity index (χ2v) is 11.6. The highest BCUT2D eigenvalue weighted by atomic mass is 16.2. The number of rotatable bonds is 19. The second-order valence-electron chi connectivity index (χ2n) is 11.6. The van der Waals surface area contributed by atoms with Crippen LogP contribution in [0, 0.1) is 6.92 Å². The number of unbranched alkanes of at least 4 members (excludes halogenated alkanes) is 3. The largest absolute Gasteiger partial charge is 0.356 e. The third kappa shape index (κ3) is 10.7. The van der Waals surface area contributed by atoms with Crippen LogP contribution in [0.4, 0.5) is 0 Å². The molecule has 4 aromatic rings. The molecule has 2 aromatic heterocycles. The fourth-order valence-electron chi connectivity index (χ4n) is 5.35. The summed E-state index contributed by atoms with van der Waals surface area (Å²) in [5.41, 5.74) is 7.33. The Morgan fingerprint density at radius 3 is 2.07 bits per heavy atom. The van der Waals surface area contributed by atoms with E-state index in [0.717, 1.165) is 109 Å². The molecule has 2 heterocycles. The first kappa shape index (κ1) is 33.6. The van der Waals surface area contributed by atoms with Crippen LogP contribution in [0.2, 0.25) is 0 Å². The molecule has 0 spiro atoms. The minimum Gasteiger partial charge on any atom is -0.356 e. The molecule has 2 aromatic carbocycles. The zero-order chi connectivity index (χ0) is 31.9. The molecule has 0 aliphatic carbocycles. The van der Waals surface area contributed by atoms with Crippen LogP contribution in [-0.2, 0) is 22.4 Å². The number of hydrogen-bond acceptors (Lipinski definition) is 5. The van der Waals surface area contributed by atoms with Gasteiger partial charge in [0.1, 0.15) is 11.6 Å². The van der Waals surface area contributed by atoms with Gasteiger partial charge in [-0.3, -0.25) is 9.59 Å². The van der Waals surface area contributed by atoms with Crippen molar-refractivity contribution in [3.63, 3.8) is 0 Å². The van der Waals surface area contributed by atoms with Crippen molar-refractivity contribution in [3.8, 4) is 33.6 Å². The van der Waals surface area contributed by atoms with Crippen LogP contribution in [0.25, 0.3) is 33.6 Å². The van der Waals surface area contributed by atoms with Crippen LogP contribution in [-0.4, -0.2) is 58.4 Å². The van der Waals surface area contributed by atoms with Crippen LogP contribution >= 0.6 is 0 Å². The summed E-state index contributed by atoms with van der Waals surface area (Å²) in [7, 11) is 1.98. The van der Waals surface area contributed by atoms with Crippen molar-refractivity contribution in [3.05, 3.63) is 72.1 Å². The maximum absolute atomic E-state index is 12.5. The third-order valence-electron chi connectivity index (χ3n) is 7.88. The molecule has 5 N–H and O–H groups in total. The minimum atomic E-state index is 0.0311. The summed E-state index contributed by atoms with van der Waals surface area (Å²) in [6.07, 6.45) is 10.3. The number of aryl methyl sites for hydroxylation is 3. The number of carbonyl (C=O) groups excluding carboxylic acids is 2. The summed E-state index contributed by atoms with van der Waals surface area (Å²) in [5, 5.41) is 9.09. The molecule has 0 saturated carbocycles. The van der Waals surface area contributed by atoms with Crippen molar-refractivity contribution in [2.45, 2.75) is 78.1 Å². The molecule has 45 heavy (non-hydrogen) atoms. The molecule has 9 nitrogen and oxygen atoms in total. The predicted molar refractivity (Wildman–Crippen MR) is 182 cm³/mol. The minimum absolute atomic E-state index is 0.0311. The number of imidazole rings is 2. The van der Waals surface area contributed by atoms with E-state index in [1.165, 1.54) is 0 Å². The summed E-state index contributed by atoms with van der Waals surface area (Å²) in [5.74, 6) is 2.01. The Morgan fingerprint density at radius 2 is 1.36 bits per heavy atom. The zero-order valence-electron chi connectivity index (χ0n) is 27.1. The highest BCUT2D eigenvalue weighted by molar-refractivity contribution is 5.77. The number of aromatic nitrogens is 4. The van der Waals surface area contributed by atoms with E-state index in [9.17, 15) is 9.59 Å². The molecule has 9 heteroatoms. The zero-order valence-corrected chi connectivity index (χ0v) is 27.1. The van der Waals surface area contributed by atoms with Gasteiger partial charge in [0.15, 0.2) is 0 Å². The van der Waals surface area contributed by atoms with E-state index in [1.54, 1.807) is 0 Å². The van der Waals surface area contributed by atoms with Crippen molar-refractivity contribution >= 4 is 11.8 Å². The van der Waals surface area contributed by atoms with E-state index in [0.29, 0.717) is 25.8 Å². The summed E-state index contributed by atoms with van der Waals surface area (Å²) >= 11 is 0. The highest BCUT2D eigenvalue weighted by Gasteiger charge is 2.13. The van der Waals surface area contributed by atoms with Gasteiger partial charge in [-0.05, 0) is 75.7 Å². The van der Waals surface area contributed by atoms with Gasteiger partial charge < -0.3 is 25.9 Å². The number of nitrogens with zero attached hydrogens (tertiary/aromatic N) is 2. The molecule has 0 fully saturated rings. The number of benzene rings is 2. The van der Waals surface area contributed by atoms with Gasteiger partial charge in [0.2, 0.25) is 11.8 Å². The van der Waals surface area contributed by atoms with Gasteiger partial charge in [-0.1, -0.05) is 61.9 Å². The maximum Gasteiger partial charge on any atom is 0.220 e. The van der Waals surface area contributed by atoms with Crippen LogP contribution in [0.1, 0.15) is 75.6 Å². The van der Waals surface area contributed by atoms with E-state index in [-0.39, 0.29) is 11.8 Å². The Balaban J connectivity index is 1.25. The van der Waals surface area contributed by atoms with Gasteiger partial charge in [-0.15, -0.1) is 0 Å². The van der Waals surface area contributed by atoms with Gasteiger partial charge in [0.25, 0.3) is 0 Å². The van der Waals surface area contributed by atoms with Crippen molar-refractivity contribution in [2.75, 3.05) is 26.7 Å². The van der Waals surface area contributed by atoms with Crippen LogP contribution in [0.15, 0.2) is 54.7 Å². The normalized spacial score (nSPS) is 11.1. The standard InChI is InChI=1S/C36H49N7O2/c1-4-22-38-34(44)11-6-5-8-24-39-35(45)21-20-31-36(42-26(2)41-31)30-18-14-28(15-19-30)27-12-16-29(17-13-27)32-25-40-33(43-32)10-7-9-23-37-3/h12-19,25,37H,4-11,20-24H2,1-3H3,(H,38,44)(H,39,45)(H,40,43)(H,41,42). The SMILES string of the molecule is CCCNC(=O)CCCCCNC(=O)CCc1[nH]c(C)nc1-c1ccc(-c2ccc(-c3cnc(CCCCNC)[nH]3)cc2)cc1. The van der Waals surface area contributed by atoms with E-state index in [2.05, 4.69) is 79.4 Å². The Kier molecular flexibility index (Phi) is 13.4. The fourth-order valence-corrected chi connectivity index (χ4v) is 5.35.